The van der Waals surface area contributed by atoms with Gasteiger partial charge in [0.25, 0.3) is 0 Å². The molecular weight excluding hydrogens is 568 g/mol. The van der Waals surface area contributed by atoms with E-state index in [1.165, 1.54) is 14.2 Å². The first-order valence-corrected chi connectivity index (χ1v) is 17.1. The summed E-state index contributed by atoms with van der Waals surface area (Å²) in [6.07, 6.45) is -1.79. The molecule has 5 fully saturated rings. The lowest BCUT2D eigenvalue weighted by Gasteiger charge is -2.66. The van der Waals surface area contributed by atoms with Gasteiger partial charge in [0, 0.05) is 32.5 Å². The summed E-state index contributed by atoms with van der Waals surface area (Å²) in [5.41, 5.74) is -2.11. The third-order valence-corrected chi connectivity index (χ3v) is 13.4. The highest BCUT2D eigenvalue weighted by Crippen LogP contribution is 2.70. The first-order valence-electron chi connectivity index (χ1n) is 17.1. The second-order valence-electron chi connectivity index (χ2n) is 16.0. The van der Waals surface area contributed by atoms with Crippen molar-refractivity contribution in [2.45, 2.75) is 147 Å². The summed E-state index contributed by atoms with van der Waals surface area (Å²) in [5.74, 6) is -0.386. The normalized spacial score (nSPS) is 52.2. The highest BCUT2D eigenvalue weighted by atomic mass is 16.7. The lowest BCUT2D eigenvalue weighted by molar-refractivity contribution is -0.321. The van der Waals surface area contributed by atoms with E-state index in [2.05, 4.69) is 20.8 Å². The molecule has 6 N–H and O–H groups in total. The fourth-order valence-electron chi connectivity index (χ4n) is 11.1. The number of hydrogen-bond donors (Lipinski definition) is 6. The van der Waals surface area contributed by atoms with E-state index < -0.39 is 66.0 Å². The molecule has 0 aromatic heterocycles. The van der Waals surface area contributed by atoms with Gasteiger partial charge in [-0.1, -0.05) is 34.6 Å². The van der Waals surface area contributed by atoms with Gasteiger partial charge in [-0.15, -0.1) is 0 Å². The van der Waals surface area contributed by atoms with Gasteiger partial charge in [0.2, 0.25) is 0 Å². The van der Waals surface area contributed by atoms with Crippen molar-refractivity contribution in [1.82, 2.24) is 0 Å². The highest BCUT2D eigenvalue weighted by molar-refractivity contribution is 5.21. The van der Waals surface area contributed by atoms with E-state index in [0.29, 0.717) is 19.3 Å². The van der Waals surface area contributed by atoms with Crippen molar-refractivity contribution in [3.05, 3.63) is 0 Å². The standard InChI is InChI=1S/C34H60O10/c1-17(2)20(35)9-8-18(3)19-14-21(36)30-32(19,4)13-11-25-33(5)12-10-23(27(38)26(33)22(37)15-34(25,30)40)44-31-29(42-7)28(39)24(41-6)16-43-31/h17-31,35-40H,8-16H2,1-7H3. The predicted molar refractivity (Wildman–Crippen MR) is 162 cm³/mol. The Morgan fingerprint density at radius 3 is 2.18 bits per heavy atom. The molecular formula is C34H60O10. The van der Waals surface area contributed by atoms with Gasteiger partial charge < -0.3 is 49.6 Å². The number of methoxy groups -OCH3 is 2. The molecule has 0 spiro atoms. The van der Waals surface area contributed by atoms with Crippen molar-refractivity contribution in [1.29, 1.82) is 0 Å². The van der Waals surface area contributed by atoms with E-state index in [-0.39, 0.29) is 54.1 Å². The van der Waals surface area contributed by atoms with Crippen LogP contribution in [0.25, 0.3) is 0 Å². The molecule has 4 saturated carbocycles. The minimum absolute atomic E-state index is 0.0983. The Morgan fingerprint density at radius 2 is 1.55 bits per heavy atom. The zero-order valence-electron chi connectivity index (χ0n) is 27.8. The van der Waals surface area contributed by atoms with Gasteiger partial charge in [0.15, 0.2) is 6.29 Å². The first kappa shape index (κ1) is 34.9. The van der Waals surface area contributed by atoms with Gasteiger partial charge >= 0.3 is 0 Å². The highest BCUT2D eigenvalue weighted by Gasteiger charge is 2.72. The Labute approximate surface area is 263 Å². The van der Waals surface area contributed by atoms with Crippen molar-refractivity contribution in [2.24, 2.45) is 46.3 Å². The zero-order valence-corrected chi connectivity index (χ0v) is 27.8. The molecule has 0 aromatic rings. The summed E-state index contributed by atoms with van der Waals surface area (Å²) in [6, 6.07) is 0. The van der Waals surface area contributed by atoms with Gasteiger partial charge in [-0.2, -0.15) is 0 Å². The van der Waals surface area contributed by atoms with Crippen molar-refractivity contribution >= 4 is 0 Å². The van der Waals surface area contributed by atoms with E-state index >= 15 is 0 Å². The number of fused-ring (bicyclic) bond motifs is 5. The minimum atomic E-state index is -1.26. The first-order chi connectivity index (χ1) is 20.6. The molecule has 10 nitrogen and oxygen atoms in total. The number of aliphatic hydroxyl groups is 6. The number of rotatable bonds is 9. The summed E-state index contributed by atoms with van der Waals surface area (Å²) < 4.78 is 22.9. The SMILES string of the molecule is COC1COC(OC2CCC3(C)C(C(O)CC4(O)C3CCC3(C)C(C(C)CCC(O)C(C)C)CC(O)C34)C2O)C(OC)C1O. The summed E-state index contributed by atoms with van der Waals surface area (Å²) in [6.45, 7) is 10.7. The van der Waals surface area contributed by atoms with Gasteiger partial charge in [-0.05, 0) is 79.4 Å². The molecule has 0 radical (unpaired) electrons. The van der Waals surface area contributed by atoms with E-state index in [4.69, 9.17) is 18.9 Å². The molecule has 5 rings (SSSR count). The molecule has 0 aromatic carbocycles. The van der Waals surface area contributed by atoms with Gasteiger partial charge in [0.05, 0.1) is 42.7 Å². The zero-order chi connectivity index (χ0) is 32.4. The molecule has 1 heterocycles. The summed E-state index contributed by atoms with van der Waals surface area (Å²) in [5, 5.41) is 68.9. The summed E-state index contributed by atoms with van der Waals surface area (Å²) in [4.78, 5) is 0. The van der Waals surface area contributed by atoms with Crippen LogP contribution in [0.1, 0.15) is 86.0 Å². The second kappa shape index (κ2) is 12.9. The Kier molecular flexibility index (Phi) is 10.2. The van der Waals surface area contributed by atoms with Crippen LogP contribution in [-0.4, -0.2) is 112 Å². The van der Waals surface area contributed by atoms with Crippen LogP contribution in [0.3, 0.4) is 0 Å². The Hall–Kier alpha value is -0.400. The van der Waals surface area contributed by atoms with Crippen LogP contribution in [0.2, 0.25) is 0 Å². The molecule has 4 aliphatic carbocycles. The van der Waals surface area contributed by atoms with Gasteiger partial charge in [-0.25, -0.2) is 0 Å². The third kappa shape index (κ3) is 5.61. The molecule has 1 saturated heterocycles. The lowest BCUT2D eigenvalue weighted by atomic mass is 9.41. The quantitative estimate of drug-likeness (QED) is 0.209. The molecule has 0 amide bonds. The molecule has 10 heteroatoms. The maximum absolute atomic E-state index is 12.7. The fraction of sp³-hybridized carbons (Fsp3) is 1.00. The predicted octanol–water partition coefficient (Wildman–Crippen LogP) is 2.24. The topological polar surface area (TPSA) is 158 Å². The molecule has 5 aliphatic rings. The van der Waals surface area contributed by atoms with E-state index in [9.17, 15) is 30.6 Å². The molecule has 256 valence electrons. The van der Waals surface area contributed by atoms with Crippen LogP contribution in [0.4, 0.5) is 0 Å². The maximum Gasteiger partial charge on any atom is 0.186 e. The van der Waals surface area contributed by atoms with Crippen LogP contribution in [0.15, 0.2) is 0 Å². The van der Waals surface area contributed by atoms with E-state index in [1.54, 1.807) is 0 Å². The Bertz CT molecular complexity index is 982. The third-order valence-electron chi connectivity index (χ3n) is 13.4. The van der Waals surface area contributed by atoms with Crippen LogP contribution >= 0.6 is 0 Å². The summed E-state index contributed by atoms with van der Waals surface area (Å²) >= 11 is 0. The second-order valence-corrected chi connectivity index (χ2v) is 16.0. The van der Waals surface area contributed by atoms with Gasteiger partial charge in [0.1, 0.15) is 18.3 Å². The Balaban J connectivity index is 1.33. The van der Waals surface area contributed by atoms with Crippen LogP contribution < -0.4 is 0 Å². The minimum Gasteiger partial charge on any atom is -0.393 e. The fourth-order valence-corrected chi connectivity index (χ4v) is 11.1. The van der Waals surface area contributed by atoms with Gasteiger partial charge in [-0.3, -0.25) is 0 Å². The molecule has 17 atom stereocenters. The van der Waals surface area contributed by atoms with Crippen LogP contribution in [0, 0.1) is 46.3 Å². The smallest absolute Gasteiger partial charge is 0.186 e. The molecule has 17 unspecified atom stereocenters. The van der Waals surface area contributed by atoms with Crippen molar-refractivity contribution < 1.29 is 49.6 Å². The van der Waals surface area contributed by atoms with Crippen molar-refractivity contribution in [3.63, 3.8) is 0 Å². The number of aliphatic hydroxyl groups excluding tert-OH is 5. The van der Waals surface area contributed by atoms with E-state index in [1.807, 2.05) is 13.8 Å². The van der Waals surface area contributed by atoms with Crippen LogP contribution in [-0.2, 0) is 18.9 Å². The Morgan fingerprint density at radius 1 is 0.864 bits per heavy atom. The molecule has 0 bridgehead atoms. The number of ether oxygens (including phenoxy) is 4. The van der Waals surface area contributed by atoms with E-state index in [0.717, 1.165) is 25.7 Å². The van der Waals surface area contributed by atoms with Crippen molar-refractivity contribution in [3.8, 4) is 0 Å². The molecule has 1 aliphatic heterocycles. The number of hydrogen-bond acceptors (Lipinski definition) is 10. The maximum atomic E-state index is 12.7. The van der Waals surface area contributed by atoms with Crippen LogP contribution in [0.5, 0.6) is 0 Å². The largest absolute Gasteiger partial charge is 0.393 e. The lowest BCUT2D eigenvalue weighted by Crippen LogP contribution is -2.71. The summed E-state index contributed by atoms with van der Waals surface area (Å²) in [7, 11) is 2.97. The molecule has 44 heavy (non-hydrogen) atoms. The monoisotopic (exact) mass is 628 g/mol. The van der Waals surface area contributed by atoms with Crippen molar-refractivity contribution in [2.75, 3.05) is 20.8 Å². The average molecular weight is 629 g/mol. The average Bonchev–Trinajstić information content (AvgIpc) is 3.24.